The Bertz CT molecular complexity index is 1010. The maximum absolute atomic E-state index is 12.4. The second-order valence-electron chi connectivity index (χ2n) is 5.23. The lowest BCUT2D eigenvalue weighted by Crippen LogP contribution is -2.10. The van der Waals surface area contributed by atoms with Gasteiger partial charge in [0.15, 0.2) is 6.61 Å². The molecule has 4 aromatic rings. The molecule has 0 aliphatic rings. The number of tetrazole rings is 1. The van der Waals surface area contributed by atoms with Crippen LogP contribution in [0.1, 0.15) is 16.2 Å². The van der Waals surface area contributed by atoms with E-state index in [0.29, 0.717) is 17.1 Å². The summed E-state index contributed by atoms with van der Waals surface area (Å²) in [5.74, 6) is 0.0957. The number of rotatable bonds is 5. The second-order valence-corrected chi connectivity index (χ2v) is 5.23. The fourth-order valence-electron chi connectivity index (χ4n) is 2.34. The first kappa shape index (κ1) is 15.6. The average molecular weight is 348 g/mol. The summed E-state index contributed by atoms with van der Waals surface area (Å²) < 4.78 is 11.8. The molecule has 0 aliphatic heterocycles. The Balaban J connectivity index is 1.48. The number of carbonyl (C=O) groups is 1. The largest absolute Gasteiger partial charge is 0.452 e. The normalized spacial score (nSPS) is 10.6. The van der Waals surface area contributed by atoms with E-state index in [4.69, 9.17) is 9.26 Å². The highest BCUT2D eigenvalue weighted by Crippen LogP contribution is 2.17. The van der Waals surface area contributed by atoms with Crippen molar-refractivity contribution in [3.05, 3.63) is 72.4 Å². The summed E-state index contributed by atoms with van der Waals surface area (Å²) in [6.45, 7) is -0.136. The van der Waals surface area contributed by atoms with E-state index in [9.17, 15) is 4.79 Å². The van der Waals surface area contributed by atoms with E-state index in [1.165, 1.54) is 11.0 Å². The van der Waals surface area contributed by atoms with Crippen molar-refractivity contribution in [2.75, 3.05) is 0 Å². The van der Waals surface area contributed by atoms with Crippen molar-refractivity contribution < 1.29 is 14.1 Å². The molecule has 26 heavy (non-hydrogen) atoms. The molecule has 9 heteroatoms. The van der Waals surface area contributed by atoms with Crippen LogP contribution < -0.4 is 0 Å². The van der Waals surface area contributed by atoms with Gasteiger partial charge in [0.25, 0.3) is 5.89 Å². The molecule has 2 aromatic carbocycles. The topological polar surface area (TPSA) is 109 Å². The van der Waals surface area contributed by atoms with Crippen LogP contribution in [0, 0.1) is 0 Å². The molecular formula is C17H12N6O3. The van der Waals surface area contributed by atoms with Crippen LogP contribution in [-0.4, -0.2) is 36.3 Å². The third-order valence-corrected chi connectivity index (χ3v) is 3.55. The van der Waals surface area contributed by atoms with Gasteiger partial charge in [0.1, 0.15) is 6.33 Å². The average Bonchev–Trinajstić information content (AvgIpc) is 3.39. The number of benzene rings is 2. The number of nitrogens with zero attached hydrogens (tertiary/aromatic N) is 6. The Morgan fingerprint density at radius 1 is 1.08 bits per heavy atom. The SMILES string of the molecule is O=C(OCc1nc(-c2ccccc2)no1)c1ccccc1-n1cnnn1. The summed E-state index contributed by atoms with van der Waals surface area (Å²) in [6, 6.07) is 16.2. The van der Waals surface area contributed by atoms with Crippen LogP contribution in [0.15, 0.2) is 65.4 Å². The first-order chi connectivity index (χ1) is 12.8. The number of hydrogen-bond acceptors (Lipinski definition) is 8. The highest BCUT2D eigenvalue weighted by Gasteiger charge is 2.16. The van der Waals surface area contributed by atoms with Gasteiger partial charge >= 0.3 is 5.97 Å². The molecule has 128 valence electrons. The predicted molar refractivity (Wildman–Crippen MR) is 88.0 cm³/mol. The van der Waals surface area contributed by atoms with E-state index in [-0.39, 0.29) is 12.5 Å². The molecule has 0 spiro atoms. The van der Waals surface area contributed by atoms with Crippen molar-refractivity contribution in [1.29, 1.82) is 0 Å². The van der Waals surface area contributed by atoms with Crippen molar-refractivity contribution in [1.82, 2.24) is 30.3 Å². The molecule has 0 bridgehead atoms. The number of ether oxygens (including phenoxy) is 1. The van der Waals surface area contributed by atoms with E-state index < -0.39 is 5.97 Å². The zero-order valence-corrected chi connectivity index (χ0v) is 13.4. The van der Waals surface area contributed by atoms with E-state index in [2.05, 4.69) is 25.7 Å². The van der Waals surface area contributed by atoms with Gasteiger partial charge in [0.05, 0.1) is 11.3 Å². The highest BCUT2D eigenvalue weighted by molar-refractivity contribution is 5.93. The van der Waals surface area contributed by atoms with Crippen LogP contribution in [0.25, 0.3) is 17.1 Å². The first-order valence-corrected chi connectivity index (χ1v) is 7.69. The number of aromatic nitrogens is 6. The molecule has 4 rings (SSSR count). The van der Waals surface area contributed by atoms with Crippen LogP contribution in [0.3, 0.4) is 0 Å². The van der Waals surface area contributed by atoms with Gasteiger partial charge in [-0.05, 0) is 22.6 Å². The van der Waals surface area contributed by atoms with Gasteiger partial charge in [0, 0.05) is 5.56 Å². The summed E-state index contributed by atoms with van der Waals surface area (Å²) in [7, 11) is 0. The van der Waals surface area contributed by atoms with Crippen molar-refractivity contribution >= 4 is 5.97 Å². The molecule has 9 nitrogen and oxygen atoms in total. The molecule has 0 fully saturated rings. The van der Waals surface area contributed by atoms with Gasteiger partial charge < -0.3 is 9.26 Å². The quantitative estimate of drug-likeness (QED) is 0.504. The van der Waals surface area contributed by atoms with Gasteiger partial charge in [0.2, 0.25) is 5.82 Å². The molecular weight excluding hydrogens is 336 g/mol. The van der Waals surface area contributed by atoms with Gasteiger partial charge in [-0.15, -0.1) is 5.10 Å². The maximum atomic E-state index is 12.4. The second kappa shape index (κ2) is 6.93. The molecule has 2 aromatic heterocycles. The van der Waals surface area contributed by atoms with Crippen molar-refractivity contribution in [3.63, 3.8) is 0 Å². The Morgan fingerprint density at radius 3 is 2.69 bits per heavy atom. The number of para-hydroxylation sites is 1. The lowest BCUT2D eigenvalue weighted by molar-refractivity contribution is 0.0429. The lowest BCUT2D eigenvalue weighted by atomic mass is 10.2. The van der Waals surface area contributed by atoms with Crippen LogP contribution in [0.4, 0.5) is 0 Å². The van der Waals surface area contributed by atoms with Crippen molar-refractivity contribution in [2.45, 2.75) is 6.61 Å². The molecule has 2 heterocycles. The highest BCUT2D eigenvalue weighted by atomic mass is 16.6. The third-order valence-electron chi connectivity index (χ3n) is 3.55. The first-order valence-electron chi connectivity index (χ1n) is 7.69. The zero-order chi connectivity index (χ0) is 17.8. The smallest absolute Gasteiger partial charge is 0.340 e. The molecule has 0 unspecified atom stereocenters. The fraction of sp³-hybridized carbons (Fsp3) is 0.0588. The Kier molecular flexibility index (Phi) is 4.17. The lowest BCUT2D eigenvalue weighted by Gasteiger charge is -2.07. The molecule has 0 saturated heterocycles. The Hall–Kier alpha value is -3.88. The summed E-state index contributed by atoms with van der Waals surface area (Å²) >= 11 is 0. The van der Waals surface area contributed by atoms with E-state index >= 15 is 0 Å². The zero-order valence-electron chi connectivity index (χ0n) is 13.4. The van der Waals surface area contributed by atoms with E-state index in [1.54, 1.807) is 24.3 Å². The van der Waals surface area contributed by atoms with Gasteiger partial charge in [-0.1, -0.05) is 47.6 Å². The molecule has 0 amide bonds. The molecule has 0 saturated carbocycles. The van der Waals surface area contributed by atoms with Crippen LogP contribution >= 0.6 is 0 Å². The van der Waals surface area contributed by atoms with Crippen LogP contribution in [0.5, 0.6) is 0 Å². The third kappa shape index (κ3) is 3.18. The molecule has 0 aliphatic carbocycles. The number of carbonyl (C=O) groups excluding carboxylic acids is 1. The molecule has 0 radical (unpaired) electrons. The summed E-state index contributed by atoms with van der Waals surface area (Å²) in [5.41, 5.74) is 1.65. The molecule has 0 atom stereocenters. The van der Waals surface area contributed by atoms with Gasteiger partial charge in [-0.3, -0.25) is 0 Å². The monoisotopic (exact) mass is 348 g/mol. The standard InChI is InChI=1S/C17H12N6O3/c24-17(13-8-4-5-9-14(13)23-11-18-21-22-23)25-10-15-19-16(20-26-15)12-6-2-1-3-7-12/h1-9,11H,10H2. The number of hydrogen-bond donors (Lipinski definition) is 0. The van der Waals surface area contributed by atoms with E-state index in [0.717, 1.165) is 5.56 Å². The minimum absolute atomic E-state index is 0.136. The number of esters is 1. The van der Waals surface area contributed by atoms with Crippen LogP contribution in [0.2, 0.25) is 0 Å². The van der Waals surface area contributed by atoms with Gasteiger partial charge in [-0.2, -0.15) is 9.67 Å². The summed E-state index contributed by atoms with van der Waals surface area (Å²) in [6.07, 6.45) is 1.40. The van der Waals surface area contributed by atoms with Gasteiger partial charge in [-0.25, -0.2) is 4.79 Å². The van der Waals surface area contributed by atoms with Crippen molar-refractivity contribution in [3.8, 4) is 17.1 Å². The minimum atomic E-state index is -0.546. The Morgan fingerprint density at radius 2 is 1.88 bits per heavy atom. The van der Waals surface area contributed by atoms with E-state index in [1.807, 2.05) is 30.3 Å². The van der Waals surface area contributed by atoms with Crippen LogP contribution in [-0.2, 0) is 11.3 Å². The van der Waals surface area contributed by atoms with Crippen molar-refractivity contribution in [2.24, 2.45) is 0 Å². The minimum Gasteiger partial charge on any atom is -0.452 e. The summed E-state index contributed by atoms with van der Waals surface area (Å²) in [5, 5.41) is 14.8. The fourth-order valence-corrected chi connectivity index (χ4v) is 2.34. The molecule has 0 N–H and O–H groups in total. The predicted octanol–water partition coefficient (Wildman–Crippen LogP) is 2.07. The maximum Gasteiger partial charge on any atom is 0.340 e. The Labute approximate surface area is 147 Å². The summed E-state index contributed by atoms with van der Waals surface area (Å²) in [4.78, 5) is 16.6.